The first-order chi connectivity index (χ1) is 8.66. The standard InChI is InChI=1S/C12H14ClNO4/c13-12-4-3-10(14(15)16)6-9(12)7-17-8-11-2-1-5-18-11/h3-4,6,11H,1-2,5,7-8H2. The second-order valence-corrected chi connectivity index (χ2v) is 4.59. The van der Waals surface area contributed by atoms with Gasteiger partial charge in [0.15, 0.2) is 0 Å². The summed E-state index contributed by atoms with van der Waals surface area (Å²) in [6.45, 7) is 1.55. The van der Waals surface area contributed by atoms with E-state index in [9.17, 15) is 10.1 Å². The number of halogens is 1. The molecule has 1 heterocycles. The highest BCUT2D eigenvalue weighted by atomic mass is 35.5. The molecule has 0 saturated carbocycles. The molecule has 0 radical (unpaired) electrons. The van der Waals surface area contributed by atoms with Gasteiger partial charge in [-0.2, -0.15) is 0 Å². The molecule has 1 saturated heterocycles. The van der Waals surface area contributed by atoms with Gasteiger partial charge in [0.1, 0.15) is 0 Å². The topological polar surface area (TPSA) is 61.6 Å². The lowest BCUT2D eigenvalue weighted by Gasteiger charge is -2.10. The van der Waals surface area contributed by atoms with Gasteiger partial charge < -0.3 is 9.47 Å². The van der Waals surface area contributed by atoms with Crippen molar-refractivity contribution < 1.29 is 14.4 Å². The SMILES string of the molecule is O=[N+]([O-])c1ccc(Cl)c(COCC2CCCO2)c1. The number of nitrogens with zero attached hydrogens (tertiary/aromatic N) is 1. The van der Waals surface area contributed by atoms with Crippen LogP contribution in [0.2, 0.25) is 5.02 Å². The highest BCUT2D eigenvalue weighted by molar-refractivity contribution is 6.31. The molecule has 2 rings (SSSR count). The van der Waals surface area contributed by atoms with E-state index in [2.05, 4.69) is 0 Å². The van der Waals surface area contributed by atoms with Gasteiger partial charge in [0, 0.05) is 29.3 Å². The number of ether oxygens (including phenoxy) is 2. The minimum absolute atomic E-state index is 0.0233. The summed E-state index contributed by atoms with van der Waals surface area (Å²) in [7, 11) is 0. The summed E-state index contributed by atoms with van der Waals surface area (Å²) in [6, 6.07) is 4.34. The maximum absolute atomic E-state index is 10.6. The molecule has 1 aliphatic heterocycles. The third-order valence-electron chi connectivity index (χ3n) is 2.83. The smallest absolute Gasteiger partial charge is 0.269 e. The number of non-ortho nitro benzene ring substituents is 1. The molecule has 0 aliphatic carbocycles. The number of nitro groups is 1. The van der Waals surface area contributed by atoms with Crippen molar-refractivity contribution in [3.8, 4) is 0 Å². The maximum atomic E-state index is 10.6. The van der Waals surface area contributed by atoms with Crippen LogP contribution in [0.25, 0.3) is 0 Å². The van der Waals surface area contributed by atoms with Gasteiger partial charge in [-0.1, -0.05) is 11.6 Å². The number of hydrogen-bond acceptors (Lipinski definition) is 4. The molecule has 1 aromatic carbocycles. The molecule has 1 unspecified atom stereocenters. The monoisotopic (exact) mass is 271 g/mol. The van der Waals surface area contributed by atoms with E-state index in [1.54, 1.807) is 0 Å². The lowest BCUT2D eigenvalue weighted by atomic mass is 10.2. The molecule has 1 aliphatic rings. The zero-order chi connectivity index (χ0) is 13.0. The zero-order valence-corrected chi connectivity index (χ0v) is 10.6. The second kappa shape index (κ2) is 6.13. The summed E-state index contributed by atoms with van der Waals surface area (Å²) in [5.74, 6) is 0. The van der Waals surface area contributed by atoms with Crippen LogP contribution >= 0.6 is 11.6 Å². The molecule has 0 N–H and O–H groups in total. The Morgan fingerprint density at radius 2 is 2.39 bits per heavy atom. The Morgan fingerprint density at radius 1 is 1.56 bits per heavy atom. The van der Waals surface area contributed by atoms with Crippen LogP contribution in [0.5, 0.6) is 0 Å². The van der Waals surface area contributed by atoms with Crippen LogP contribution in [-0.2, 0) is 16.1 Å². The van der Waals surface area contributed by atoms with E-state index >= 15 is 0 Å². The minimum Gasteiger partial charge on any atom is -0.376 e. The van der Waals surface area contributed by atoms with Gasteiger partial charge in [-0.25, -0.2) is 0 Å². The third-order valence-corrected chi connectivity index (χ3v) is 3.19. The van der Waals surface area contributed by atoms with Crippen LogP contribution in [0.3, 0.4) is 0 Å². The predicted molar refractivity (Wildman–Crippen MR) is 66.7 cm³/mol. The van der Waals surface area contributed by atoms with Crippen molar-refractivity contribution in [2.24, 2.45) is 0 Å². The van der Waals surface area contributed by atoms with E-state index in [0.29, 0.717) is 17.2 Å². The lowest BCUT2D eigenvalue weighted by molar-refractivity contribution is -0.384. The van der Waals surface area contributed by atoms with Crippen LogP contribution in [0.15, 0.2) is 18.2 Å². The summed E-state index contributed by atoms with van der Waals surface area (Å²) in [6.07, 6.45) is 2.20. The number of rotatable bonds is 5. The molecule has 0 amide bonds. The van der Waals surface area contributed by atoms with Crippen LogP contribution < -0.4 is 0 Å². The predicted octanol–water partition coefficient (Wildman–Crippen LogP) is 2.94. The van der Waals surface area contributed by atoms with Gasteiger partial charge in [0.25, 0.3) is 5.69 Å². The average Bonchev–Trinajstić information content (AvgIpc) is 2.84. The Morgan fingerprint density at radius 3 is 3.06 bits per heavy atom. The Bertz CT molecular complexity index is 432. The van der Waals surface area contributed by atoms with Crippen molar-refractivity contribution in [1.82, 2.24) is 0 Å². The maximum Gasteiger partial charge on any atom is 0.269 e. The fraction of sp³-hybridized carbons (Fsp3) is 0.500. The molecule has 6 heteroatoms. The Balaban J connectivity index is 1.91. The quantitative estimate of drug-likeness (QED) is 0.610. The molecule has 1 aromatic rings. The van der Waals surface area contributed by atoms with E-state index in [0.717, 1.165) is 19.4 Å². The van der Waals surface area contributed by atoms with Gasteiger partial charge in [-0.15, -0.1) is 0 Å². The normalized spacial score (nSPS) is 19.1. The summed E-state index contributed by atoms with van der Waals surface area (Å²) < 4.78 is 10.9. The summed E-state index contributed by atoms with van der Waals surface area (Å²) >= 11 is 5.96. The van der Waals surface area contributed by atoms with Crippen molar-refractivity contribution in [3.63, 3.8) is 0 Å². The van der Waals surface area contributed by atoms with Crippen molar-refractivity contribution >= 4 is 17.3 Å². The molecular weight excluding hydrogens is 258 g/mol. The summed E-state index contributed by atoms with van der Waals surface area (Å²) in [5.41, 5.74) is 0.652. The van der Waals surface area contributed by atoms with Crippen LogP contribution in [0.4, 0.5) is 5.69 Å². The van der Waals surface area contributed by atoms with Gasteiger partial charge in [0.05, 0.1) is 24.2 Å². The van der Waals surface area contributed by atoms with Gasteiger partial charge >= 0.3 is 0 Å². The van der Waals surface area contributed by atoms with Gasteiger partial charge in [-0.05, 0) is 18.9 Å². The number of benzene rings is 1. The Labute approximate surface area is 110 Å². The molecule has 1 atom stereocenters. The minimum atomic E-state index is -0.445. The van der Waals surface area contributed by atoms with Crippen LogP contribution in [-0.4, -0.2) is 24.2 Å². The van der Waals surface area contributed by atoms with Crippen molar-refractivity contribution in [2.75, 3.05) is 13.2 Å². The largest absolute Gasteiger partial charge is 0.376 e. The van der Waals surface area contributed by atoms with E-state index < -0.39 is 4.92 Å². The van der Waals surface area contributed by atoms with E-state index in [-0.39, 0.29) is 18.4 Å². The molecule has 18 heavy (non-hydrogen) atoms. The molecule has 5 nitrogen and oxygen atoms in total. The number of nitro benzene ring substituents is 1. The highest BCUT2D eigenvalue weighted by Crippen LogP contribution is 2.23. The van der Waals surface area contributed by atoms with Crippen LogP contribution in [0, 0.1) is 10.1 Å². The van der Waals surface area contributed by atoms with Gasteiger partial charge in [0.2, 0.25) is 0 Å². The van der Waals surface area contributed by atoms with Crippen molar-refractivity contribution in [3.05, 3.63) is 38.9 Å². The molecule has 98 valence electrons. The Hall–Kier alpha value is -1.17. The van der Waals surface area contributed by atoms with E-state index in [1.165, 1.54) is 18.2 Å². The third kappa shape index (κ3) is 3.41. The second-order valence-electron chi connectivity index (χ2n) is 4.18. The Kier molecular flexibility index (Phi) is 4.52. The summed E-state index contributed by atoms with van der Waals surface area (Å²) in [4.78, 5) is 10.2. The summed E-state index contributed by atoms with van der Waals surface area (Å²) in [5, 5.41) is 11.1. The lowest BCUT2D eigenvalue weighted by Crippen LogP contribution is -2.13. The van der Waals surface area contributed by atoms with E-state index in [4.69, 9.17) is 21.1 Å². The average molecular weight is 272 g/mol. The van der Waals surface area contributed by atoms with E-state index in [1.807, 2.05) is 0 Å². The highest BCUT2D eigenvalue weighted by Gasteiger charge is 2.16. The van der Waals surface area contributed by atoms with Crippen LogP contribution in [0.1, 0.15) is 18.4 Å². The first-order valence-electron chi connectivity index (χ1n) is 5.79. The fourth-order valence-electron chi connectivity index (χ4n) is 1.86. The van der Waals surface area contributed by atoms with Crippen molar-refractivity contribution in [2.45, 2.75) is 25.6 Å². The first-order valence-corrected chi connectivity index (χ1v) is 6.17. The molecular formula is C12H14ClNO4. The number of hydrogen-bond donors (Lipinski definition) is 0. The molecule has 0 bridgehead atoms. The van der Waals surface area contributed by atoms with Crippen molar-refractivity contribution in [1.29, 1.82) is 0 Å². The first kappa shape index (κ1) is 13.3. The van der Waals surface area contributed by atoms with Gasteiger partial charge in [-0.3, -0.25) is 10.1 Å². The zero-order valence-electron chi connectivity index (χ0n) is 9.80. The fourth-order valence-corrected chi connectivity index (χ4v) is 2.03. The molecule has 0 aromatic heterocycles. The molecule has 1 fully saturated rings. The molecule has 0 spiro atoms.